The molecule has 1 rings (SSSR count). The second-order valence-corrected chi connectivity index (χ2v) is 4.98. The number of hydrogen-bond donors (Lipinski definition) is 1. The van der Waals surface area contributed by atoms with Gasteiger partial charge in [0.15, 0.2) is 0 Å². The molecular formula is C14H21Cl2NO2. The first-order valence-corrected chi connectivity index (χ1v) is 7.36. The fourth-order valence-electron chi connectivity index (χ4n) is 1.44. The molecule has 1 aromatic carbocycles. The van der Waals surface area contributed by atoms with E-state index < -0.39 is 0 Å². The largest absolute Gasteiger partial charge is 0.491 e. The van der Waals surface area contributed by atoms with Crippen molar-refractivity contribution in [2.45, 2.75) is 19.8 Å². The molecule has 0 spiro atoms. The van der Waals surface area contributed by atoms with Crippen molar-refractivity contribution in [2.24, 2.45) is 0 Å². The summed E-state index contributed by atoms with van der Waals surface area (Å²) in [6.45, 7) is 5.86. The van der Waals surface area contributed by atoms with Crippen LogP contribution in [0.4, 0.5) is 0 Å². The van der Waals surface area contributed by atoms with Crippen LogP contribution in [-0.2, 0) is 4.74 Å². The molecule has 0 aliphatic heterocycles. The van der Waals surface area contributed by atoms with Gasteiger partial charge in [-0.3, -0.25) is 0 Å². The Morgan fingerprint density at radius 3 is 2.68 bits per heavy atom. The third-order valence-corrected chi connectivity index (χ3v) is 3.04. The topological polar surface area (TPSA) is 30.5 Å². The molecule has 0 saturated heterocycles. The monoisotopic (exact) mass is 305 g/mol. The number of unbranched alkanes of at least 4 members (excludes halogenated alkanes) is 1. The number of nitrogens with one attached hydrogen (secondary N) is 1. The number of rotatable bonds is 10. The lowest BCUT2D eigenvalue weighted by Crippen LogP contribution is -2.25. The summed E-state index contributed by atoms with van der Waals surface area (Å²) in [6, 6.07) is 5.19. The highest BCUT2D eigenvalue weighted by Gasteiger charge is 2.01. The van der Waals surface area contributed by atoms with Gasteiger partial charge in [-0.05, 0) is 18.6 Å². The molecule has 3 nitrogen and oxygen atoms in total. The zero-order valence-corrected chi connectivity index (χ0v) is 12.8. The second-order valence-electron chi connectivity index (χ2n) is 4.14. The van der Waals surface area contributed by atoms with Crippen LogP contribution in [0.1, 0.15) is 19.8 Å². The first-order chi connectivity index (χ1) is 9.24. The van der Waals surface area contributed by atoms with Gasteiger partial charge in [0.2, 0.25) is 0 Å². The number of halogens is 2. The smallest absolute Gasteiger partial charge is 0.139 e. The molecule has 108 valence electrons. The van der Waals surface area contributed by atoms with E-state index in [2.05, 4.69) is 12.2 Å². The first-order valence-electron chi connectivity index (χ1n) is 6.60. The molecule has 1 N–H and O–H groups in total. The van der Waals surface area contributed by atoms with Crippen LogP contribution in [0.2, 0.25) is 10.0 Å². The normalized spacial score (nSPS) is 10.7. The third kappa shape index (κ3) is 7.63. The van der Waals surface area contributed by atoms with Gasteiger partial charge in [-0.15, -0.1) is 0 Å². The molecule has 0 aliphatic rings. The zero-order chi connectivity index (χ0) is 13.9. The SMILES string of the molecule is CCCCOCCNCCOc1cc(Cl)ccc1Cl. The maximum atomic E-state index is 5.98. The fourth-order valence-corrected chi connectivity index (χ4v) is 1.77. The van der Waals surface area contributed by atoms with Crippen molar-refractivity contribution in [3.63, 3.8) is 0 Å². The molecule has 5 heteroatoms. The van der Waals surface area contributed by atoms with Gasteiger partial charge in [-0.25, -0.2) is 0 Å². The van der Waals surface area contributed by atoms with Crippen molar-refractivity contribution in [3.8, 4) is 5.75 Å². The van der Waals surface area contributed by atoms with Crippen LogP contribution in [0.5, 0.6) is 5.75 Å². The van der Waals surface area contributed by atoms with Crippen LogP contribution in [0, 0.1) is 0 Å². The van der Waals surface area contributed by atoms with Crippen molar-refractivity contribution in [3.05, 3.63) is 28.2 Å². The predicted octanol–water partition coefficient (Wildman–Crippen LogP) is 3.78. The molecule has 0 fully saturated rings. The Morgan fingerprint density at radius 1 is 1.11 bits per heavy atom. The predicted molar refractivity (Wildman–Crippen MR) is 80.6 cm³/mol. The van der Waals surface area contributed by atoms with Crippen molar-refractivity contribution in [1.82, 2.24) is 5.32 Å². The van der Waals surface area contributed by atoms with Gasteiger partial charge >= 0.3 is 0 Å². The van der Waals surface area contributed by atoms with E-state index in [1.807, 2.05) is 0 Å². The summed E-state index contributed by atoms with van der Waals surface area (Å²) in [5.41, 5.74) is 0. The average Bonchev–Trinajstić information content (AvgIpc) is 2.40. The van der Waals surface area contributed by atoms with E-state index in [0.717, 1.165) is 32.7 Å². The second kappa shape index (κ2) is 10.3. The van der Waals surface area contributed by atoms with Gasteiger partial charge < -0.3 is 14.8 Å². The number of hydrogen-bond acceptors (Lipinski definition) is 3. The lowest BCUT2D eigenvalue weighted by molar-refractivity contribution is 0.132. The van der Waals surface area contributed by atoms with E-state index in [9.17, 15) is 0 Å². The maximum absolute atomic E-state index is 5.98. The number of ether oxygens (including phenoxy) is 2. The maximum Gasteiger partial charge on any atom is 0.139 e. The average molecular weight is 306 g/mol. The highest BCUT2D eigenvalue weighted by Crippen LogP contribution is 2.27. The minimum absolute atomic E-state index is 0.551. The van der Waals surface area contributed by atoms with Gasteiger partial charge in [0, 0.05) is 30.8 Å². The molecule has 0 aliphatic carbocycles. The Morgan fingerprint density at radius 2 is 1.89 bits per heavy atom. The molecule has 0 unspecified atom stereocenters. The van der Waals surface area contributed by atoms with Gasteiger partial charge in [0.25, 0.3) is 0 Å². The van der Waals surface area contributed by atoms with E-state index >= 15 is 0 Å². The lowest BCUT2D eigenvalue weighted by Gasteiger charge is -2.09. The molecule has 0 heterocycles. The number of benzene rings is 1. The molecule has 0 amide bonds. The van der Waals surface area contributed by atoms with E-state index in [-0.39, 0.29) is 0 Å². The van der Waals surface area contributed by atoms with Crippen LogP contribution >= 0.6 is 23.2 Å². The quantitative estimate of drug-likeness (QED) is 0.667. The Labute approximate surface area is 125 Å². The van der Waals surface area contributed by atoms with E-state index in [4.69, 9.17) is 32.7 Å². The molecule has 0 saturated carbocycles. The van der Waals surface area contributed by atoms with E-state index in [1.54, 1.807) is 18.2 Å². The summed E-state index contributed by atoms with van der Waals surface area (Å²) in [5.74, 6) is 0.621. The molecule has 19 heavy (non-hydrogen) atoms. The summed E-state index contributed by atoms with van der Waals surface area (Å²) in [4.78, 5) is 0. The van der Waals surface area contributed by atoms with Crippen molar-refractivity contribution >= 4 is 23.2 Å². The van der Waals surface area contributed by atoms with Crippen LogP contribution in [-0.4, -0.2) is 32.9 Å². The van der Waals surface area contributed by atoms with Gasteiger partial charge in [-0.1, -0.05) is 36.5 Å². The lowest BCUT2D eigenvalue weighted by atomic mass is 10.3. The molecule has 1 aromatic rings. The molecule has 0 atom stereocenters. The van der Waals surface area contributed by atoms with Crippen LogP contribution in [0.25, 0.3) is 0 Å². The van der Waals surface area contributed by atoms with Crippen molar-refractivity contribution in [1.29, 1.82) is 0 Å². The van der Waals surface area contributed by atoms with Crippen LogP contribution in [0.15, 0.2) is 18.2 Å². The van der Waals surface area contributed by atoms with Crippen molar-refractivity contribution in [2.75, 3.05) is 32.9 Å². The summed E-state index contributed by atoms with van der Waals surface area (Å²) in [5, 5.41) is 4.44. The van der Waals surface area contributed by atoms with Crippen LogP contribution < -0.4 is 10.1 Å². The van der Waals surface area contributed by atoms with E-state index in [1.165, 1.54) is 6.42 Å². The molecule has 0 aromatic heterocycles. The van der Waals surface area contributed by atoms with Gasteiger partial charge in [-0.2, -0.15) is 0 Å². The summed E-state index contributed by atoms with van der Waals surface area (Å²) in [6.07, 6.45) is 2.29. The highest BCUT2D eigenvalue weighted by atomic mass is 35.5. The van der Waals surface area contributed by atoms with Crippen molar-refractivity contribution < 1.29 is 9.47 Å². The molecular weight excluding hydrogens is 285 g/mol. The molecule has 0 radical (unpaired) electrons. The fraction of sp³-hybridized carbons (Fsp3) is 0.571. The van der Waals surface area contributed by atoms with Crippen LogP contribution in [0.3, 0.4) is 0 Å². The van der Waals surface area contributed by atoms with E-state index in [0.29, 0.717) is 22.4 Å². The Balaban J connectivity index is 2.03. The minimum atomic E-state index is 0.551. The van der Waals surface area contributed by atoms with Gasteiger partial charge in [0.1, 0.15) is 12.4 Å². The Hall–Kier alpha value is -0.480. The summed E-state index contributed by atoms with van der Waals surface area (Å²) >= 11 is 11.9. The molecule has 0 bridgehead atoms. The summed E-state index contributed by atoms with van der Waals surface area (Å²) in [7, 11) is 0. The minimum Gasteiger partial charge on any atom is -0.491 e. The van der Waals surface area contributed by atoms with Gasteiger partial charge in [0.05, 0.1) is 11.6 Å². The standard InChI is InChI=1S/C14H21Cl2NO2/c1-2-3-8-18-9-6-17-7-10-19-14-11-12(15)4-5-13(14)16/h4-5,11,17H,2-3,6-10H2,1H3. The summed E-state index contributed by atoms with van der Waals surface area (Å²) < 4.78 is 11.0. The third-order valence-electron chi connectivity index (χ3n) is 2.50. The Bertz CT molecular complexity index is 361. The first kappa shape index (κ1) is 16.6. The Kier molecular flexibility index (Phi) is 9.01. The zero-order valence-electron chi connectivity index (χ0n) is 11.3. The highest BCUT2D eigenvalue weighted by molar-refractivity contribution is 6.34.